The van der Waals surface area contributed by atoms with Crippen LogP contribution in [0.2, 0.25) is 0 Å². The van der Waals surface area contributed by atoms with Gasteiger partial charge in [-0.05, 0) is 0 Å². The Balaban J connectivity index is 1.52. The van der Waals surface area contributed by atoms with Crippen LogP contribution >= 0.6 is 0 Å². The first kappa shape index (κ1) is 15.0. The fourth-order valence-electron chi connectivity index (χ4n) is 3.81. The van der Waals surface area contributed by atoms with E-state index < -0.39 is 0 Å². The Hall–Kier alpha value is -0.590. The van der Waals surface area contributed by atoms with Gasteiger partial charge in [0.15, 0.2) is 0 Å². The number of alkyl halides is 1. The molecule has 2 heterocycles. The molecule has 0 bridgehead atoms. The quantitative estimate of drug-likeness (QED) is 0.383. The van der Waals surface area contributed by atoms with E-state index in [1.54, 1.807) is 5.57 Å². The summed E-state index contributed by atoms with van der Waals surface area (Å²) in [4.78, 5) is 0. The predicted octanol–water partition coefficient (Wildman–Crippen LogP) is -1.47. The first-order valence-electron chi connectivity index (χ1n) is 8.37. The second-order valence-electron chi connectivity index (χ2n) is 6.71. The number of rotatable bonds is 5. The third-order valence-electron chi connectivity index (χ3n) is 5.22. The Labute approximate surface area is 143 Å². The molecule has 4 unspecified atom stereocenters. The molecule has 0 amide bonds. The molecule has 0 spiro atoms. The normalized spacial score (nSPS) is 37.5. The molecule has 0 saturated carbocycles. The van der Waals surface area contributed by atoms with Crippen LogP contribution in [0.4, 0.5) is 0 Å². The van der Waals surface area contributed by atoms with Gasteiger partial charge in [0.25, 0.3) is 0 Å². The van der Waals surface area contributed by atoms with Crippen molar-refractivity contribution in [2.75, 3.05) is 19.6 Å². The van der Waals surface area contributed by atoms with Gasteiger partial charge in [-0.15, -0.1) is 0 Å². The van der Waals surface area contributed by atoms with Gasteiger partial charge in [-0.1, -0.05) is 0 Å². The van der Waals surface area contributed by atoms with Crippen LogP contribution in [0, 0.1) is 11.8 Å². The number of fused-ring (bicyclic) bond motifs is 1. The molecule has 22 heavy (non-hydrogen) atoms. The molecule has 4 atom stereocenters. The van der Waals surface area contributed by atoms with E-state index in [4.69, 9.17) is 0 Å². The summed E-state index contributed by atoms with van der Waals surface area (Å²) in [6.45, 7) is 7.34. The molecule has 3 N–H and O–H groups in total. The number of halogens is 1. The van der Waals surface area contributed by atoms with Crippen molar-refractivity contribution in [2.24, 2.45) is 11.8 Å². The van der Waals surface area contributed by atoms with E-state index in [9.17, 15) is 0 Å². The summed E-state index contributed by atoms with van der Waals surface area (Å²) in [7, 11) is 0. The summed E-state index contributed by atoms with van der Waals surface area (Å²) in [5.41, 5.74) is 3.00. The average molecular weight is 410 g/mol. The molecule has 0 radical (unpaired) electrons. The molecule has 4 aliphatic rings. The molecule has 2 saturated heterocycles. The topological polar surface area (TPSA) is 36.1 Å². The molecule has 0 aromatic rings. The standard InChI is InChI=1S/C18H25IN3/c1-2-19-15-5-3-4-12(7-15)13-6-14-9-21-18(14)17(8-13)22-16-10-20-11-16/h2-4,7-8,13-16,18,20-22H,1,5-6,9-11H2/q-1. The van der Waals surface area contributed by atoms with Gasteiger partial charge in [-0.2, -0.15) is 0 Å². The molecule has 2 fully saturated rings. The Bertz CT molecular complexity index is 530. The van der Waals surface area contributed by atoms with Crippen molar-refractivity contribution in [3.05, 3.63) is 46.2 Å². The average Bonchev–Trinajstić information content (AvgIpc) is 2.45. The minimum atomic E-state index is 0.111. The van der Waals surface area contributed by atoms with Crippen LogP contribution < -0.4 is 37.2 Å². The second-order valence-corrected chi connectivity index (χ2v) is 9.91. The third kappa shape index (κ3) is 2.93. The zero-order valence-corrected chi connectivity index (χ0v) is 15.1. The van der Waals surface area contributed by atoms with Crippen molar-refractivity contribution in [1.29, 1.82) is 0 Å². The Morgan fingerprint density at radius 1 is 1.27 bits per heavy atom. The Morgan fingerprint density at radius 2 is 2.18 bits per heavy atom. The van der Waals surface area contributed by atoms with E-state index in [2.05, 4.69) is 50.9 Å². The van der Waals surface area contributed by atoms with Gasteiger partial charge in [0.2, 0.25) is 0 Å². The Kier molecular flexibility index (Phi) is 4.42. The zero-order valence-electron chi connectivity index (χ0n) is 12.9. The van der Waals surface area contributed by atoms with E-state index >= 15 is 0 Å². The molecular formula is C18H25IN3-. The molecule has 3 nitrogen and oxygen atoms in total. The van der Waals surface area contributed by atoms with Crippen LogP contribution in [0.5, 0.6) is 0 Å². The van der Waals surface area contributed by atoms with E-state index in [1.165, 1.54) is 25.1 Å². The predicted molar refractivity (Wildman–Crippen MR) is 87.1 cm³/mol. The summed E-state index contributed by atoms with van der Waals surface area (Å²) in [6, 6.07) is 1.21. The minimum absolute atomic E-state index is 0.111. The summed E-state index contributed by atoms with van der Waals surface area (Å²) in [6.07, 6.45) is 12.3. The molecule has 4 rings (SSSR count). The van der Waals surface area contributed by atoms with Crippen LogP contribution in [0.1, 0.15) is 12.8 Å². The number of hydrogen-bond donors (Lipinski definition) is 3. The maximum atomic E-state index is 3.94. The van der Waals surface area contributed by atoms with Gasteiger partial charge in [0.1, 0.15) is 0 Å². The van der Waals surface area contributed by atoms with Gasteiger partial charge < -0.3 is 0 Å². The van der Waals surface area contributed by atoms with Crippen LogP contribution in [-0.2, 0) is 0 Å². The summed E-state index contributed by atoms with van der Waals surface area (Å²) in [5, 5.41) is 10.7. The second kappa shape index (κ2) is 6.49. The van der Waals surface area contributed by atoms with Crippen LogP contribution in [-0.4, -0.2) is 35.6 Å². The first-order valence-corrected chi connectivity index (χ1v) is 10.9. The summed E-state index contributed by atoms with van der Waals surface area (Å²) in [5.74, 6) is 1.42. The number of allylic oxidation sites excluding steroid dienone is 5. The Morgan fingerprint density at radius 3 is 2.86 bits per heavy atom. The van der Waals surface area contributed by atoms with Gasteiger partial charge in [-0.3, -0.25) is 0 Å². The summed E-state index contributed by atoms with van der Waals surface area (Å²) >= 11 is 0.111. The van der Waals surface area contributed by atoms with Gasteiger partial charge in [0, 0.05) is 0 Å². The van der Waals surface area contributed by atoms with E-state index in [0.717, 1.165) is 22.9 Å². The number of hydrogen-bond acceptors (Lipinski definition) is 3. The van der Waals surface area contributed by atoms with Gasteiger partial charge >= 0.3 is 144 Å². The van der Waals surface area contributed by atoms with Crippen LogP contribution in [0.25, 0.3) is 0 Å². The molecule has 0 aromatic carbocycles. The van der Waals surface area contributed by atoms with Crippen LogP contribution in [0.15, 0.2) is 46.2 Å². The van der Waals surface area contributed by atoms with E-state index in [0.29, 0.717) is 18.0 Å². The molecule has 2 aliphatic heterocycles. The molecule has 2 aliphatic carbocycles. The molecular weight excluding hydrogens is 385 g/mol. The SMILES string of the molecule is C=C[I-]C1C=C(C2C=C(NC3CNC3)C3NCC3C2)C=CC1. The monoisotopic (exact) mass is 410 g/mol. The zero-order chi connectivity index (χ0) is 14.9. The first-order chi connectivity index (χ1) is 10.8. The third-order valence-corrected chi connectivity index (χ3v) is 7.52. The van der Waals surface area contributed by atoms with Crippen molar-refractivity contribution in [2.45, 2.75) is 28.8 Å². The van der Waals surface area contributed by atoms with E-state index in [-0.39, 0.29) is 21.2 Å². The van der Waals surface area contributed by atoms with Crippen molar-refractivity contribution in [1.82, 2.24) is 16.0 Å². The number of nitrogens with one attached hydrogen (secondary N) is 3. The summed E-state index contributed by atoms with van der Waals surface area (Å²) < 4.78 is 2.92. The van der Waals surface area contributed by atoms with E-state index in [1.807, 2.05) is 0 Å². The molecule has 0 aromatic heterocycles. The fourth-order valence-corrected chi connectivity index (χ4v) is 5.68. The van der Waals surface area contributed by atoms with Crippen molar-refractivity contribution in [3.8, 4) is 0 Å². The van der Waals surface area contributed by atoms with Gasteiger partial charge in [0.05, 0.1) is 0 Å². The van der Waals surface area contributed by atoms with Crippen molar-refractivity contribution in [3.63, 3.8) is 0 Å². The van der Waals surface area contributed by atoms with Crippen LogP contribution in [0.3, 0.4) is 0 Å². The van der Waals surface area contributed by atoms with Crippen molar-refractivity contribution >= 4 is 0 Å². The van der Waals surface area contributed by atoms with Gasteiger partial charge in [-0.25, -0.2) is 0 Å². The van der Waals surface area contributed by atoms with Crippen molar-refractivity contribution < 1.29 is 21.2 Å². The molecule has 4 heteroatoms. The maximum absolute atomic E-state index is 3.94. The molecule has 120 valence electrons. The fraction of sp³-hybridized carbons (Fsp3) is 0.556.